The molecule has 0 bridgehead atoms. The Hall–Kier alpha value is -1.83. The maximum atomic E-state index is 12.1. The van der Waals surface area contributed by atoms with Gasteiger partial charge in [0, 0.05) is 3.57 Å². The Labute approximate surface area is 153 Å². The predicted octanol–water partition coefficient (Wildman–Crippen LogP) is 3.30. The first-order valence-corrected chi connectivity index (χ1v) is 8.74. The Morgan fingerprint density at radius 2 is 2.00 bits per heavy atom. The van der Waals surface area contributed by atoms with Gasteiger partial charge in [0.2, 0.25) is 6.29 Å². The van der Waals surface area contributed by atoms with Crippen molar-refractivity contribution in [2.75, 3.05) is 6.61 Å². The molecule has 0 saturated heterocycles. The summed E-state index contributed by atoms with van der Waals surface area (Å²) in [6, 6.07) is 7.13. The lowest BCUT2D eigenvalue weighted by atomic mass is 9.86. The van der Waals surface area contributed by atoms with Crippen LogP contribution in [0.15, 0.2) is 48.3 Å². The fourth-order valence-corrected chi connectivity index (χ4v) is 3.35. The number of ether oxygens (including phenoxy) is 3. The summed E-state index contributed by atoms with van der Waals surface area (Å²) in [4.78, 5) is 22.8. The zero-order valence-corrected chi connectivity index (χ0v) is 15.2. The molecule has 5 nitrogen and oxygen atoms in total. The summed E-state index contributed by atoms with van der Waals surface area (Å²) in [5.41, 5.74) is 0.487. The second-order valence-electron chi connectivity index (χ2n) is 5.83. The number of rotatable bonds is 5. The van der Waals surface area contributed by atoms with Gasteiger partial charge in [0.25, 0.3) is 6.47 Å². The molecule has 1 aromatic carbocycles. The number of carbonyl (C=O) groups is 2. The zero-order chi connectivity index (χ0) is 17.1. The molecular weight excluding hydrogens is 423 g/mol. The number of hydrogen-bond acceptors (Lipinski definition) is 5. The first kappa shape index (κ1) is 17.0. The van der Waals surface area contributed by atoms with Crippen molar-refractivity contribution in [3.05, 3.63) is 57.4 Å². The van der Waals surface area contributed by atoms with Crippen LogP contribution in [0.3, 0.4) is 0 Å². The molecular formula is C18H17IO5. The SMILES string of the molecule is C[C@@H]1C=C[C@@H]2[C@H](OC=O)OC(COC(=O)c3ccc(I)cc3)=C[C@@H]21. The van der Waals surface area contributed by atoms with Gasteiger partial charge in [-0.15, -0.1) is 0 Å². The molecule has 1 aliphatic heterocycles. The quantitative estimate of drug-likeness (QED) is 0.305. The van der Waals surface area contributed by atoms with E-state index in [9.17, 15) is 9.59 Å². The third kappa shape index (κ3) is 3.63. The molecule has 0 unspecified atom stereocenters. The van der Waals surface area contributed by atoms with E-state index in [1.807, 2.05) is 24.3 Å². The van der Waals surface area contributed by atoms with Crippen molar-refractivity contribution in [3.63, 3.8) is 0 Å². The average Bonchev–Trinajstić information content (AvgIpc) is 2.95. The van der Waals surface area contributed by atoms with E-state index in [-0.39, 0.29) is 18.4 Å². The molecule has 1 heterocycles. The first-order chi connectivity index (χ1) is 11.6. The van der Waals surface area contributed by atoms with Crippen LogP contribution in [0.1, 0.15) is 17.3 Å². The molecule has 4 atom stereocenters. The van der Waals surface area contributed by atoms with Gasteiger partial charge in [-0.25, -0.2) is 4.79 Å². The van der Waals surface area contributed by atoms with E-state index in [0.717, 1.165) is 3.57 Å². The van der Waals surface area contributed by atoms with Crippen molar-refractivity contribution in [2.24, 2.45) is 17.8 Å². The standard InChI is InChI=1S/C18H17IO5/c1-11-2-7-15-16(11)8-14(24-18(15)23-10-20)9-22-17(21)12-3-5-13(19)6-4-12/h2-8,10-11,15-16,18H,9H2,1H3/t11-,15+,16-,18-/m1/s1. The number of hydrogen-bond donors (Lipinski definition) is 0. The number of halogens is 1. The maximum absolute atomic E-state index is 12.1. The molecule has 0 amide bonds. The molecule has 0 aromatic heterocycles. The molecule has 0 radical (unpaired) electrons. The van der Waals surface area contributed by atoms with E-state index in [2.05, 4.69) is 35.6 Å². The van der Waals surface area contributed by atoms with Crippen molar-refractivity contribution in [3.8, 4) is 0 Å². The van der Waals surface area contributed by atoms with Gasteiger partial charge in [0.05, 0.1) is 11.5 Å². The lowest BCUT2D eigenvalue weighted by molar-refractivity contribution is -0.171. The van der Waals surface area contributed by atoms with E-state index in [1.165, 1.54) is 0 Å². The summed E-state index contributed by atoms with van der Waals surface area (Å²) in [6.45, 7) is 2.49. The highest BCUT2D eigenvalue weighted by Gasteiger charge is 2.40. The number of carbonyl (C=O) groups excluding carboxylic acids is 2. The Bertz CT molecular complexity index is 679. The Morgan fingerprint density at radius 3 is 2.71 bits per heavy atom. The van der Waals surface area contributed by atoms with Crippen molar-refractivity contribution < 1.29 is 23.8 Å². The number of esters is 1. The molecule has 0 fully saturated rings. The highest BCUT2D eigenvalue weighted by Crippen LogP contribution is 2.40. The van der Waals surface area contributed by atoms with Crippen LogP contribution in [0.4, 0.5) is 0 Å². The van der Waals surface area contributed by atoms with Crippen molar-refractivity contribution in [1.29, 1.82) is 0 Å². The highest BCUT2D eigenvalue weighted by molar-refractivity contribution is 14.1. The summed E-state index contributed by atoms with van der Waals surface area (Å²) < 4.78 is 17.1. The van der Waals surface area contributed by atoms with E-state index in [4.69, 9.17) is 14.2 Å². The van der Waals surface area contributed by atoms with Gasteiger partial charge in [0.1, 0.15) is 12.4 Å². The highest BCUT2D eigenvalue weighted by atomic mass is 127. The topological polar surface area (TPSA) is 61.8 Å². The number of benzene rings is 1. The number of allylic oxidation sites excluding steroid dienone is 2. The van der Waals surface area contributed by atoms with Gasteiger partial charge < -0.3 is 14.2 Å². The molecule has 3 rings (SSSR count). The number of fused-ring (bicyclic) bond motifs is 1. The monoisotopic (exact) mass is 440 g/mol. The van der Waals surface area contributed by atoms with Crippen LogP contribution in [0.5, 0.6) is 0 Å². The Balaban J connectivity index is 1.66. The maximum Gasteiger partial charge on any atom is 0.338 e. The van der Waals surface area contributed by atoms with Gasteiger partial charge in [-0.3, -0.25) is 4.79 Å². The smallest absolute Gasteiger partial charge is 0.338 e. The van der Waals surface area contributed by atoms with Crippen molar-refractivity contribution in [2.45, 2.75) is 13.2 Å². The minimum atomic E-state index is -0.675. The van der Waals surface area contributed by atoms with Crippen LogP contribution in [-0.4, -0.2) is 25.3 Å². The molecule has 126 valence electrons. The van der Waals surface area contributed by atoms with Crippen LogP contribution in [0.25, 0.3) is 0 Å². The summed E-state index contributed by atoms with van der Waals surface area (Å²) in [7, 11) is 0. The van der Waals surface area contributed by atoms with Crippen LogP contribution in [-0.2, 0) is 19.0 Å². The van der Waals surface area contributed by atoms with Crippen LogP contribution < -0.4 is 0 Å². The minimum Gasteiger partial charge on any atom is -0.455 e. The van der Waals surface area contributed by atoms with E-state index >= 15 is 0 Å². The molecule has 0 spiro atoms. The lowest BCUT2D eigenvalue weighted by Crippen LogP contribution is -2.35. The zero-order valence-electron chi connectivity index (χ0n) is 13.1. The average molecular weight is 440 g/mol. The summed E-state index contributed by atoms with van der Waals surface area (Å²) >= 11 is 2.17. The molecule has 1 aliphatic carbocycles. The molecule has 0 N–H and O–H groups in total. The van der Waals surface area contributed by atoms with Gasteiger partial charge in [-0.2, -0.15) is 0 Å². The van der Waals surface area contributed by atoms with Gasteiger partial charge >= 0.3 is 5.97 Å². The fraction of sp³-hybridized carbons (Fsp3) is 0.333. The van der Waals surface area contributed by atoms with E-state index in [0.29, 0.717) is 23.7 Å². The van der Waals surface area contributed by atoms with Gasteiger partial charge in [0.15, 0.2) is 0 Å². The van der Waals surface area contributed by atoms with Crippen molar-refractivity contribution in [1.82, 2.24) is 0 Å². The molecule has 24 heavy (non-hydrogen) atoms. The second kappa shape index (κ2) is 7.38. The van der Waals surface area contributed by atoms with Crippen LogP contribution in [0.2, 0.25) is 0 Å². The minimum absolute atomic E-state index is 0.000787. The molecule has 6 heteroatoms. The van der Waals surface area contributed by atoms with Gasteiger partial charge in [-0.1, -0.05) is 19.1 Å². The van der Waals surface area contributed by atoms with Crippen LogP contribution in [0, 0.1) is 21.3 Å². The largest absolute Gasteiger partial charge is 0.455 e. The first-order valence-electron chi connectivity index (χ1n) is 7.66. The molecule has 2 aliphatic rings. The summed E-state index contributed by atoms with van der Waals surface area (Å²) in [6.07, 6.45) is 5.37. The van der Waals surface area contributed by atoms with E-state index in [1.54, 1.807) is 12.1 Å². The summed E-state index contributed by atoms with van der Waals surface area (Å²) in [5.74, 6) is 0.594. The fourth-order valence-electron chi connectivity index (χ4n) is 2.99. The molecule has 1 aromatic rings. The normalized spacial score (nSPS) is 27.7. The molecule has 0 saturated carbocycles. The van der Waals surface area contributed by atoms with Crippen molar-refractivity contribution >= 4 is 35.0 Å². The third-order valence-corrected chi connectivity index (χ3v) is 4.98. The predicted molar refractivity (Wildman–Crippen MR) is 94.8 cm³/mol. The Kier molecular flexibility index (Phi) is 5.23. The van der Waals surface area contributed by atoms with Gasteiger partial charge in [-0.05, 0) is 64.8 Å². The summed E-state index contributed by atoms with van der Waals surface area (Å²) in [5, 5.41) is 0. The van der Waals surface area contributed by atoms with E-state index < -0.39 is 12.3 Å². The lowest BCUT2D eigenvalue weighted by Gasteiger charge is -2.33. The third-order valence-electron chi connectivity index (χ3n) is 4.26. The second-order valence-corrected chi connectivity index (χ2v) is 7.08. The Morgan fingerprint density at radius 1 is 1.25 bits per heavy atom. The van der Waals surface area contributed by atoms with Crippen LogP contribution >= 0.6 is 22.6 Å².